The van der Waals surface area contributed by atoms with Gasteiger partial charge in [-0.1, -0.05) is 43.0 Å². The molecule has 3 N–H and O–H groups in total. The zero-order chi connectivity index (χ0) is 14.5. The first-order chi connectivity index (χ1) is 9.58. The monoisotopic (exact) mass is 293 g/mol. The average Bonchev–Trinajstić information content (AvgIpc) is 2.45. The van der Waals surface area contributed by atoms with E-state index in [1.807, 2.05) is 19.1 Å². The Morgan fingerprint density at radius 1 is 1.35 bits per heavy atom. The van der Waals surface area contributed by atoms with Crippen LogP contribution < -0.4 is 11.2 Å². The van der Waals surface area contributed by atoms with Crippen molar-refractivity contribution in [1.82, 2.24) is 5.43 Å². The molecule has 0 atom stereocenters. The maximum absolute atomic E-state index is 10.6. The van der Waals surface area contributed by atoms with Crippen LogP contribution in [-0.4, -0.2) is 11.7 Å². The Morgan fingerprint density at radius 3 is 2.65 bits per heavy atom. The van der Waals surface area contributed by atoms with Gasteiger partial charge in [0.2, 0.25) is 0 Å². The second kappa shape index (κ2) is 6.75. The van der Waals surface area contributed by atoms with Gasteiger partial charge in [-0.2, -0.15) is 5.10 Å². The molecule has 0 bridgehead atoms. The van der Waals surface area contributed by atoms with Gasteiger partial charge in [0.05, 0.1) is 5.71 Å². The lowest BCUT2D eigenvalue weighted by Crippen LogP contribution is -2.25. The third-order valence-corrected chi connectivity index (χ3v) is 4.12. The van der Waals surface area contributed by atoms with Crippen molar-refractivity contribution < 1.29 is 4.79 Å². The minimum absolute atomic E-state index is 0.575. The Bertz CT molecular complexity index is 522. The number of rotatable bonds is 3. The van der Waals surface area contributed by atoms with Crippen LogP contribution in [0.5, 0.6) is 0 Å². The lowest BCUT2D eigenvalue weighted by Gasteiger charge is -2.23. The van der Waals surface area contributed by atoms with Crippen LogP contribution >= 0.6 is 11.6 Å². The maximum Gasteiger partial charge on any atom is 0.332 e. The minimum atomic E-state index is -0.672. The van der Waals surface area contributed by atoms with E-state index in [4.69, 9.17) is 17.3 Å². The lowest BCUT2D eigenvalue weighted by molar-refractivity contribution is 0.249. The van der Waals surface area contributed by atoms with Crippen LogP contribution in [0.4, 0.5) is 4.79 Å². The number of hydrogen-bond acceptors (Lipinski definition) is 2. The fourth-order valence-electron chi connectivity index (χ4n) is 2.70. The molecule has 1 saturated carbocycles. The molecule has 0 aliphatic heterocycles. The van der Waals surface area contributed by atoms with Gasteiger partial charge in [-0.25, -0.2) is 10.2 Å². The van der Waals surface area contributed by atoms with E-state index in [9.17, 15) is 4.79 Å². The minimum Gasteiger partial charge on any atom is -0.350 e. The van der Waals surface area contributed by atoms with Crippen molar-refractivity contribution in [1.29, 1.82) is 0 Å². The Morgan fingerprint density at radius 2 is 2.05 bits per heavy atom. The van der Waals surface area contributed by atoms with Gasteiger partial charge in [0, 0.05) is 5.02 Å². The summed E-state index contributed by atoms with van der Waals surface area (Å²) in [7, 11) is 0. The summed E-state index contributed by atoms with van der Waals surface area (Å²) in [5.41, 5.74) is 10.0. The van der Waals surface area contributed by atoms with E-state index in [0.717, 1.165) is 10.6 Å². The van der Waals surface area contributed by atoms with E-state index in [1.54, 1.807) is 0 Å². The molecule has 1 fully saturated rings. The topological polar surface area (TPSA) is 67.5 Å². The van der Waals surface area contributed by atoms with Crippen LogP contribution in [0.1, 0.15) is 56.1 Å². The molecular weight excluding hydrogens is 274 g/mol. The number of carbonyl (C=O) groups is 1. The number of nitrogens with zero attached hydrogens (tertiary/aromatic N) is 1. The number of halogens is 1. The van der Waals surface area contributed by atoms with E-state index in [0.29, 0.717) is 11.6 Å². The molecule has 0 spiro atoms. The van der Waals surface area contributed by atoms with Crippen molar-refractivity contribution in [2.24, 2.45) is 10.8 Å². The van der Waals surface area contributed by atoms with Gasteiger partial charge < -0.3 is 5.73 Å². The standard InChI is InChI=1S/C15H20ClN3O/c1-10(18-19-15(17)20)12-7-8-13(14(16)9-12)11-5-3-2-4-6-11/h7-9,11H,2-6H2,1H3,(H3,17,19,20)/b18-10+. The molecule has 0 unspecified atom stereocenters. The molecule has 0 radical (unpaired) electrons. The van der Waals surface area contributed by atoms with Crippen LogP contribution in [0.25, 0.3) is 0 Å². The summed E-state index contributed by atoms with van der Waals surface area (Å²) in [6.45, 7) is 1.81. The molecule has 0 saturated heterocycles. The number of carbonyl (C=O) groups excluding carboxylic acids is 1. The molecule has 5 heteroatoms. The Hall–Kier alpha value is -1.55. The molecule has 1 aromatic rings. The number of hydrogen-bond donors (Lipinski definition) is 2. The normalized spacial score (nSPS) is 17.0. The first kappa shape index (κ1) is 14.9. The van der Waals surface area contributed by atoms with Crippen molar-refractivity contribution >= 4 is 23.3 Å². The number of primary amides is 1. The van der Waals surface area contributed by atoms with Gasteiger partial charge in [-0.05, 0) is 42.9 Å². The molecule has 2 amide bonds. The number of nitrogens with two attached hydrogens (primary N) is 1. The predicted molar refractivity (Wildman–Crippen MR) is 82.2 cm³/mol. The summed E-state index contributed by atoms with van der Waals surface area (Å²) in [5, 5.41) is 4.69. The van der Waals surface area contributed by atoms with Crippen molar-refractivity contribution in [2.75, 3.05) is 0 Å². The number of nitrogens with one attached hydrogen (secondary N) is 1. The second-order valence-electron chi connectivity index (χ2n) is 5.24. The Kier molecular flexibility index (Phi) is 5.01. The first-order valence-corrected chi connectivity index (χ1v) is 7.35. The highest BCUT2D eigenvalue weighted by molar-refractivity contribution is 6.31. The summed E-state index contributed by atoms with van der Waals surface area (Å²) >= 11 is 6.40. The summed E-state index contributed by atoms with van der Waals surface area (Å²) < 4.78 is 0. The van der Waals surface area contributed by atoms with E-state index < -0.39 is 6.03 Å². The van der Waals surface area contributed by atoms with E-state index >= 15 is 0 Å². The van der Waals surface area contributed by atoms with Crippen molar-refractivity contribution in [3.05, 3.63) is 34.3 Å². The molecule has 1 aromatic carbocycles. The molecule has 108 valence electrons. The smallest absolute Gasteiger partial charge is 0.332 e. The second-order valence-corrected chi connectivity index (χ2v) is 5.65. The predicted octanol–water partition coefficient (Wildman–Crippen LogP) is 3.78. The van der Waals surface area contributed by atoms with Gasteiger partial charge in [0.1, 0.15) is 0 Å². The van der Waals surface area contributed by atoms with Crippen LogP contribution in [-0.2, 0) is 0 Å². The van der Waals surface area contributed by atoms with Gasteiger partial charge in [0.15, 0.2) is 0 Å². The fraction of sp³-hybridized carbons (Fsp3) is 0.467. The number of urea groups is 1. The molecule has 2 rings (SSSR count). The Balaban J connectivity index is 2.16. The SMILES string of the molecule is C/C(=N\NC(N)=O)c1ccc(C2CCCCC2)c(Cl)c1. The number of amides is 2. The van der Waals surface area contributed by atoms with Crippen molar-refractivity contribution in [3.8, 4) is 0 Å². The molecule has 0 aromatic heterocycles. The lowest BCUT2D eigenvalue weighted by atomic mass is 9.84. The molecular formula is C15H20ClN3O. The third kappa shape index (κ3) is 3.73. The highest BCUT2D eigenvalue weighted by Gasteiger charge is 2.18. The van der Waals surface area contributed by atoms with Crippen molar-refractivity contribution in [3.63, 3.8) is 0 Å². The van der Waals surface area contributed by atoms with E-state index in [-0.39, 0.29) is 0 Å². The van der Waals surface area contributed by atoms with Crippen LogP contribution in [0.15, 0.2) is 23.3 Å². The average molecular weight is 294 g/mol. The summed E-state index contributed by atoms with van der Waals surface area (Å²) in [5.74, 6) is 0.575. The van der Waals surface area contributed by atoms with Crippen LogP contribution in [0, 0.1) is 0 Å². The zero-order valence-electron chi connectivity index (χ0n) is 11.7. The van der Waals surface area contributed by atoms with Gasteiger partial charge in [0.25, 0.3) is 0 Å². The van der Waals surface area contributed by atoms with Gasteiger partial charge in [-0.15, -0.1) is 0 Å². The third-order valence-electron chi connectivity index (χ3n) is 3.80. The number of hydrazone groups is 1. The quantitative estimate of drug-likeness (QED) is 0.646. The number of benzene rings is 1. The molecule has 20 heavy (non-hydrogen) atoms. The molecule has 0 heterocycles. The van der Waals surface area contributed by atoms with E-state index in [1.165, 1.54) is 37.7 Å². The van der Waals surface area contributed by atoms with E-state index in [2.05, 4.69) is 16.6 Å². The highest BCUT2D eigenvalue weighted by Crippen LogP contribution is 2.36. The highest BCUT2D eigenvalue weighted by atomic mass is 35.5. The van der Waals surface area contributed by atoms with Crippen molar-refractivity contribution in [2.45, 2.75) is 44.9 Å². The maximum atomic E-state index is 10.6. The fourth-order valence-corrected chi connectivity index (χ4v) is 3.04. The summed E-state index contributed by atoms with van der Waals surface area (Å²) in [6.07, 6.45) is 6.33. The van der Waals surface area contributed by atoms with Crippen LogP contribution in [0.3, 0.4) is 0 Å². The largest absolute Gasteiger partial charge is 0.350 e. The zero-order valence-corrected chi connectivity index (χ0v) is 12.4. The first-order valence-electron chi connectivity index (χ1n) is 6.97. The summed E-state index contributed by atoms with van der Waals surface area (Å²) in [4.78, 5) is 10.6. The van der Waals surface area contributed by atoms with Crippen LogP contribution in [0.2, 0.25) is 5.02 Å². The van der Waals surface area contributed by atoms with Gasteiger partial charge in [-0.3, -0.25) is 0 Å². The molecule has 1 aliphatic rings. The Labute approximate surface area is 124 Å². The molecule has 1 aliphatic carbocycles. The summed E-state index contributed by atoms with van der Waals surface area (Å²) in [6, 6.07) is 5.32. The van der Waals surface area contributed by atoms with Gasteiger partial charge >= 0.3 is 6.03 Å². The molecule has 4 nitrogen and oxygen atoms in total.